The lowest BCUT2D eigenvalue weighted by atomic mass is 9.97. The topological polar surface area (TPSA) is 77.1 Å². The molecule has 2 N–H and O–H groups in total. The number of nitrogens with one attached hydrogen (secondary N) is 2. The third kappa shape index (κ3) is 5.35. The molecule has 0 spiro atoms. The number of rotatable bonds is 8. The molecule has 1 saturated heterocycles. The molecule has 3 heterocycles. The SMILES string of the molecule is Cc1ccc(Cl)cc1/C(=C\C1CN1)CCNC(=O)c1cc(Cc2cccs2)on1. The lowest BCUT2D eigenvalue weighted by Crippen LogP contribution is -2.25. The maximum atomic E-state index is 12.5. The van der Waals surface area contributed by atoms with E-state index < -0.39 is 0 Å². The van der Waals surface area contributed by atoms with Crippen molar-refractivity contribution in [3.8, 4) is 0 Å². The fraction of sp³-hybridized carbons (Fsp3) is 0.273. The minimum Gasteiger partial charge on any atom is -0.360 e. The molecule has 0 radical (unpaired) electrons. The smallest absolute Gasteiger partial charge is 0.273 e. The number of benzene rings is 1. The third-order valence-electron chi connectivity index (χ3n) is 4.79. The van der Waals surface area contributed by atoms with Gasteiger partial charge in [-0.15, -0.1) is 11.3 Å². The molecule has 0 saturated carbocycles. The molecule has 3 aromatic rings. The number of amides is 1. The molecule has 0 aliphatic carbocycles. The van der Waals surface area contributed by atoms with Crippen LogP contribution in [0.2, 0.25) is 5.02 Å². The van der Waals surface area contributed by atoms with E-state index in [1.807, 2.05) is 35.7 Å². The average Bonchev–Trinajstić information content (AvgIpc) is 3.16. The Morgan fingerprint density at radius 1 is 1.41 bits per heavy atom. The van der Waals surface area contributed by atoms with E-state index in [1.165, 1.54) is 16.0 Å². The summed E-state index contributed by atoms with van der Waals surface area (Å²) in [5.41, 5.74) is 3.78. The predicted octanol–water partition coefficient (Wildman–Crippen LogP) is 4.46. The number of nitrogens with zero attached hydrogens (tertiary/aromatic N) is 1. The number of aromatic nitrogens is 1. The van der Waals surface area contributed by atoms with Gasteiger partial charge in [-0.2, -0.15) is 0 Å². The summed E-state index contributed by atoms with van der Waals surface area (Å²) in [6, 6.07) is 12.0. The lowest BCUT2D eigenvalue weighted by Gasteiger charge is -2.12. The maximum Gasteiger partial charge on any atom is 0.273 e. The van der Waals surface area contributed by atoms with Crippen LogP contribution < -0.4 is 10.6 Å². The van der Waals surface area contributed by atoms with Crippen molar-refractivity contribution < 1.29 is 9.32 Å². The minimum atomic E-state index is -0.224. The van der Waals surface area contributed by atoms with Crippen LogP contribution in [-0.4, -0.2) is 30.2 Å². The van der Waals surface area contributed by atoms with Crippen LogP contribution in [-0.2, 0) is 6.42 Å². The van der Waals surface area contributed by atoms with Gasteiger partial charge in [-0.3, -0.25) is 4.79 Å². The van der Waals surface area contributed by atoms with E-state index in [-0.39, 0.29) is 5.91 Å². The van der Waals surface area contributed by atoms with E-state index in [2.05, 4.69) is 28.8 Å². The standard InChI is InChI=1S/C22H22ClN3O2S/c1-14-4-5-16(23)10-20(14)15(9-17-13-25-17)6-7-24-22(27)21-12-18(28-26-21)11-19-3-2-8-29-19/h2-5,8-10,12,17,25H,6-7,11,13H2,1H3,(H,24,27)/b15-9-. The number of carbonyl (C=O) groups excluding carboxylic acids is 1. The van der Waals surface area contributed by atoms with Crippen molar-refractivity contribution >= 4 is 34.4 Å². The van der Waals surface area contributed by atoms with Crippen molar-refractivity contribution in [2.45, 2.75) is 25.8 Å². The summed E-state index contributed by atoms with van der Waals surface area (Å²) < 4.78 is 5.31. The lowest BCUT2D eigenvalue weighted by molar-refractivity contribution is 0.0945. The summed E-state index contributed by atoms with van der Waals surface area (Å²) in [6.07, 6.45) is 3.58. The first kappa shape index (κ1) is 19.9. The fourth-order valence-corrected chi connectivity index (χ4v) is 4.05. The van der Waals surface area contributed by atoms with Gasteiger partial charge in [-0.1, -0.05) is 35.0 Å². The predicted molar refractivity (Wildman–Crippen MR) is 117 cm³/mol. The molecule has 7 heteroatoms. The number of hydrogen-bond donors (Lipinski definition) is 2. The quantitative estimate of drug-likeness (QED) is 0.520. The molecule has 150 valence electrons. The maximum absolute atomic E-state index is 12.5. The zero-order valence-corrected chi connectivity index (χ0v) is 17.6. The number of halogens is 1. The van der Waals surface area contributed by atoms with Gasteiger partial charge in [0, 0.05) is 41.5 Å². The van der Waals surface area contributed by atoms with Gasteiger partial charge >= 0.3 is 0 Å². The van der Waals surface area contributed by atoms with Gasteiger partial charge in [-0.05, 0) is 53.6 Å². The Bertz CT molecular complexity index is 1020. The summed E-state index contributed by atoms with van der Waals surface area (Å²) >= 11 is 7.85. The second-order valence-corrected chi connectivity index (χ2v) is 8.58. The molecule has 1 fully saturated rings. The largest absolute Gasteiger partial charge is 0.360 e. The van der Waals surface area contributed by atoms with Gasteiger partial charge in [-0.25, -0.2) is 0 Å². The first-order valence-electron chi connectivity index (χ1n) is 9.55. The van der Waals surface area contributed by atoms with Gasteiger partial charge in [0.1, 0.15) is 5.76 Å². The molecule has 1 atom stereocenters. The van der Waals surface area contributed by atoms with Crippen LogP contribution in [0.25, 0.3) is 5.57 Å². The number of thiophene rings is 1. The van der Waals surface area contributed by atoms with Crippen LogP contribution >= 0.6 is 22.9 Å². The number of hydrogen-bond acceptors (Lipinski definition) is 5. The van der Waals surface area contributed by atoms with E-state index in [9.17, 15) is 4.79 Å². The van der Waals surface area contributed by atoms with Crippen molar-refractivity contribution in [2.24, 2.45) is 0 Å². The highest BCUT2D eigenvalue weighted by molar-refractivity contribution is 7.09. The molecule has 29 heavy (non-hydrogen) atoms. The van der Waals surface area contributed by atoms with E-state index in [1.54, 1.807) is 17.4 Å². The van der Waals surface area contributed by atoms with Crippen LogP contribution in [0.1, 0.15) is 38.7 Å². The molecule has 1 aliphatic rings. The highest BCUT2D eigenvalue weighted by Gasteiger charge is 2.19. The molecular weight excluding hydrogens is 406 g/mol. The van der Waals surface area contributed by atoms with Crippen LogP contribution in [0, 0.1) is 6.92 Å². The third-order valence-corrected chi connectivity index (χ3v) is 5.90. The van der Waals surface area contributed by atoms with E-state index in [4.69, 9.17) is 16.1 Å². The van der Waals surface area contributed by atoms with Crippen molar-refractivity contribution in [2.75, 3.05) is 13.1 Å². The Balaban J connectivity index is 1.37. The number of carbonyl (C=O) groups is 1. The van der Waals surface area contributed by atoms with E-state index in [0.29, 0.717) is 41.9 Å². The molecule has 2 aromatic heterocycles. The van der Waals surface area contributed by atoms with Gasteiger partial charge < -0.3 is 15.2 Å². The first-order valence-corrected chi connectivity index (χ1v) is 10.8. The Morgan fingerprint density at radius 3 is 3.03 bits per heavy atom. The monoisotopic (exact) mass is 427 g/mol. The molecule has 4 rings (SSSR count). The summed E-state index contributed by atoms with van der Waals surface area (Å²) in [4.78, 5) is 13.6. The number of aryl methyl sites for hydroxylation is 1. The van der Waals surface area contributed by atoms with Gasteiger partial charge in [0.15, 0.2) is 5.69 Å². The Labute approximate surface area is 178 Å². The fourth-order valence-electron chi connectivity index (χ4n) is 3.17. The van der Waals surface area contributed by atoms with Crippen LogP contribution in [0.5, 0.6) is 0 Å². The van der Waals surface area contributed by atoms with Gasteiger partial charge in [0.25, 0.3) is 5.91 Å². The van der Waals surface area contributed by atoms with Gasteiger partial charge in [0.05, 0.1) is 0 Å². The second kappa shape index (κ2) is 8.95. The van der Waals surface area contributed by atoms with Gasteiger partial charge in [0.2, 0.25) is 0 Å². The molecule has 1 unspecified atom stereocenters. The van der Waals surface area contributed by atoms with Crippen molar-refractivity contribution in [3.05, 3.63) is 80.3 Å². The van der Waals surface area contributed by atoms with Crippen molar-refractivity contribution in [1.82, 2.24) is 15.8 Å². The van der Waals surface area contributed by atoms with Crippen LogP contribution in [0.4, 0.5) is 0 Å². The molecule has 1 amide bonds. The molecule has 5 nitrogen and oxygen atoms in total. The minimum absolute atomic E-state index is 0.224. The van der Waals surface area contributed by atoms with Crippen molar-refractivity contribution in [3.63, 3.8) is 0 Å². The highest BCUT2D eigenvalue weighted by Crippen LogP contribution is 2.26. The molecule has 1 aliphatic heterocycles. The summed E-state index contributed by atoms with van der Waals surface area (Å²) in [6.45, 7) is 3.57. The molecule has 1 aromatic carbocycles. The zero-order chi connectivity index (χ0) is 20.2. The van der Waals surface area contributed by atoms with Crippen LogP contribution in [0.15, 0.2) is 52.4 Å². The summed E-state index contributed by atoms with van der Waals surface area (Å²) in [5, 5.41) is 12.9. The first-order chi connectivity index (χ1) is 14.1. The highest BCUT2D eigenvalue weighted by atomic mass is 35.5. The van der Waals surface area contributed by atoms with Crippen LogP contribution in [0.3, 0.4) is 0 Å². The van der Waals surface area contributed by atoms with E-state index >= 15 is 0 Å². The van der Waals surface area contributed by atoms with E-state index in [0.717, 1.165) is 12.1 Å². The summed E-state index contributed by atoms with van der Waals surface area (Å²) in [5.74, 6) is 0.463. The van der Waals surface area contributed by atoms with Crippen molar-refractivity contribution in [1.29, 1.82) is 0 Å². The summed E-state index contributed by atoms with van der Waals surface area (Å²) in [7, 11) is 0. The molecular formula is C22H22ClN3O2S. The second-order valence-electron chi connectivity index (χ2n) is 7.11. The Hall–Kier alpha value is -2.41. The Kier molecular flexibility index (Phi) is 6.13. The average molecular weight is 428 g/mol. The zero-order valence-electron chi connectivity index (χ0n) is 16.1. The molecule has 0 bridgehead atoms. The normalized spacial score (nSPS) is 16.1. The Morgan fingerprint density at radius 2 is 2.28 bits per heavy atom.